The molecule has 7 nitrogen and oxygen atoms in total. The van der Waals surface area contributed by atoms with Crippen LogP contribution in [0.2, 0.25) is 0 Å². The number of hydrogen-bond donors (Lipinski definition) is 4. The maximum absolute atomic E-state index is 8.50. The van der Waals surface area contributed by atoms with Gasteiger partial charge in [-0.2, -0.15) is 5.10 Å². The number of nitrogens with zero attached hydrogens (tertiary/aromatic N) is 3. The van der Waals surface area contributed by atoms with Crippen LogP contribution in [0, 0.1) is 5.41 Å². The van der Waals surface area contributed by atoms with Gasteiger partial charge in [0.25, 0.3) is 0 Å². The lowest BCUT2D eigenvalue weighted by Gasteiger charge is -2.17. The molecular formula is C22H25N7. The molecule has 0 fully saturated rings. The first-order chi connectivity index (χ1) is 13.9. The second kappa shape index (κ2) is 8.43. The Kier molecular flexibility index (Phi) is 5.78. The summed E-state index contributed by atoms with van der Waals surface area (Å²) in [5.41, 5.74) is 4.63. The van der Waals surface area contributed by atoms with Crippen molar-refractivity contribution in [2.24, 2.45) is 7.05 Å². The Morgan fingerprint density at radius 1 is 1.17 bits per heavy atom. The van der Waals surface area contributed by atoms with Crippen LogP contribution < -0.4 is 16.0 Å². The first kappa shape index (κ1) is 19.9. The number of nitrogens with one attached hydrogen (secondary N) is 4. The molecule has 0 atom stereocenters. The zero-order chi connectivity index (χ0) is 21.0. The van der Waals surface area contributed by atoms with E-state index < -0.39 is 0 Å². The van der Waals surface area contributed by atoms with Crippen LogP contribution >= 0.6 is 0 Å². The fraction of sp³-hybridized carbons (Fsp3) is 0.136. The normalized spacial score (nSPS) is 11.2. The summed E-state index contributed by atoms with van der Waals surface area (Å²) in [7, 11) is 5.43. The quantitative estimate of drug-likeness (QED) is 0.351. The molecule has 4 N–H and O–H groups in total. The Hall–Kier alpha value is -3.87. The number of benzene rings is 1. The minimum atomic E-state index is 0.246. The summed E-state index contributed by atoms with van der Waals surface area (Å²) >= 11 is 0. The number of fused-ring (bicyclic) bond motifs is 1. The number of rotatable bonds is 8. The van der Waals surface area contributed by atoms with E-state index in [1.165, 1.54) is 0 Å². The summed E-state index contributed by atoms with van der Waals surface area (Å²) in [6.07, 6.45) is 7.28. The predicted molar refractivity (Wildman–Crippen MR) is 120 cm³/mol. The Balaban J connectivity index is 1.90. The van der Waals surface area contributed by atoms with Crippen molar-refractivity contribution in [2.45, 2.75) is 0 Å². The maximum Gasteiger partial charge on any atom is 0.0876 e. The van der Waals surface area contributed by atoms with Crippen molar-refractivity contribution in [1.82, 2.24) is 25.4 Å². The number of allylic oxidation sites excluding steroid dienone is 2. The van der Waals surface area contributed by atoms with Crippen molar-refractivity contribution in [3.63, 3.8) is 0 Å². The summed E-state index contributed by atoms with van der Waals surface area (Å²) in [5.74, 6) is 0. The van der Waals surface area contributed by atoms with Crippen molar-refractivity contribution in [3.8, 4) is 11.3 Å². The maximum atomic E-state index is 8.50. The SMILES string of the molecule is C=C(Nc1cccc2cc(-c3cnn(C)c3)ncc12)C(=N)/C(=C\NC)C(=C)NC. The van der Waals surface area contributed by atoms with Crippen LogP contribution in [0.25, 0.3) is 22.0 Å². The number of pyridine rings is 1. The van der Waals surface area contributed by atoms with Gasteiger partial charge in [0, 0.05) is 67.6 Å². The van der Waals surface area contributed by atoms with E-state index in [0.29, 0.717) is 17.0 Å². The minimum absolute atomic E-state index is 0.246. The molecule has 0 saturated carbocycles. The highest BCUT2D eigenvalue weighted by molar-refractivity contribution is 6.14. The summed E-state index contributed by atoms with van der Waals surface area (Å²) < 4.78 is 1.75. The van der Waals surface area contributed by atoms with E-state index in [2.05, 4.69) is 39.2 Å². The highest BCUT2D eigenvalue weighted by Gasteiger charge is 2.13. The molecule has 0 aliphatic carbocycles. The molecule has 148 valence electrons. The number of hydrogen-bond acceptors (Lipinski definition) is 6. The Bertz CT molecular complexity index is 1120. The van der Waals surface area contributed by atoms with Gasteiger partial charge in [-0.05, 0) is 17.5 Å². The van der Waals surface area contributed by atoms with Gasteiger partial charge in [0.1, 0.15) is 0 Å². The van der Waals surface area contributed by atoms with Gasteiger partial charge in [-0.1, -0.05) is 25.3 Å². The van der Waals surface area contributed by atoms with Crippen molar-refractivity contribution in [1.29, 1.82) is 5.41 Å². The Morgan fingerprint density at radius 3 is 2.62 bits per heavy atom. The average Bonchev–Trinajstić information content (AvgIpc) is 3.17. The van der Waals surface area contributed by atoms with Crippen LogP contribution in [-0.2, 0) is 7.05 Å². The van der Waals surface area contributed by atoms with E-state index in [-0.39, 0.29) is 5.71 Å². The van der Waals surface area contributed by atoms with E-state index in [0.717, 1.165) is 27.7 Å². The van der Waals surface area contributed by atoms with Gasteiger partial charge in [0.2, 0.25) is 0 Å². The molecule has 0 aliphatic heterocycles. The van der Waals surface area contributed by atoms with E-state index in [9.17, 15) is 0 Å². The molecule has 3 aromatic rings. The summed E-state index contributed by atoms with van der Waals surface area (Å²) in [6, 6.07) is 7.97. The second-order valence-corrected chi connectivity index (χ2v) is 6.55. The first-order valence-corrected chi connectivity index (χ1v) is 9.12. The molecular weight excluding hydrogens is 362 g/mol. The largest absolute Gasteiger partial charge is 0.393 e. The second-order valence-electron chi connectivity index (χ2n) is 6.55. The first-order valence-electron chi connectivity index (χ1n) is 9.12. The zero-order valence-electron chi connectivity index (χ0n) is 16.9. The van der Waals surface area contributed by atoms with E-state index >= 15 is 0 Å². The van der Waals surface area contributed by atoms with Crippen LogP contribution in [0.1, 0.15) is 0 Å². The lowest BCUT2D eigenvalue weighted by molar-refractivity contribution is 0.768. The third-order valence-electron chi connectivity index (χ3n) is 4.54. The molecule has 0 amide bonds. The number of aryl methyl sites for hydroxylation is 1. The third kappa shape index (κ3) is 4.19. The molecule has 0 unspecified atom stereocenters. The van der Waals surface area contributed by atoms with Crippen LogP contribution in [0.15, 0.2) is 79.2 Å². The minimum Gasteiger partial charge on any atom is -0.393 e. The van der Waals surface area contributed by atoms with Crippen molar-refractivity contribution in [3.05, 3.63) is 79.2 Å². The predicted octanol–water partition coefficient (Wildman–Crippen LogP) is 3.42. The van der Waals surface area contributed by atoms with Gasteiger partial charge in [-0.3, -0.25) is 15.1 Å². The van der Waals surface area contributed by atoms with Gasteiger partial charge in [-0.25, -0.2) is 0 Å². The number of anilines is 1. The van der Waals surface area contributed by atoms with E-state index in [1.54, 1.807) is 31.2 Å². The van der Waals surface area contributed by atoms with Crippen molar-refractivity contribution < 1.29 is 0 Å². The molecule has 2 heterocycles. The van der Waals surface area contributed by atoms with E-state index in [4.69, 9.17) is 5.41 Å². The lowest BCUT2D eigenvalue weighted by Crippen LogP contribution is -2.20. The number of aromatic nitrogens is 3. The highest BCUT2D eigenvalue weighted by atomic mass is 15.2. The van der Waals surface area contributed by atoms with Crippen LogP contribution in [-0.4, -0.2) is 34.6 Å². The van der Waals surface area contributed by atoms with Gasteiger partial charge in [0.15, 0.2) is 0 Å². The lowest BCUT2D eigenvalue weighted by atomic mass is 10.1. The molecule has 0 aliphatic rings. The topological polar surface area (TPSA) is 90.7 Å². The van der Waals surface area contributed by atoms with Gasteiger partial charge in [-0.15, -0.1) is 0 Å². The van der Waals surface area contributed by atoms with Crippen LogP contribution in [0.4, 0.5) is 5.69 Å². The summed E-state index contributed by atoms with van der Waals surface area (Å²) in [4.78, 5) is 4.59. The van der Waals surface area contributed by atoms with Crippen molar-refractivity contribution >= 4 is 22.2 Å². The van der Waals surface area contributed by atoms with Crippen LogP contribution in [0.3, 0.4) is 0 Å². The van der Waals surface area contributed by atoms with Gasteiger partial charge >= 0.3 is 0 Å². The molecule has 0 saturated heterocycles. The monoisotopic (exact) mass is 387 g/mol. The molecule has 29 heavy (non-hydrogen) atoms. The molecule has 7 heteroatoms. The number of likely N-dealkylation sites (N-methyl/N-ethyl adjacent to an activating group) is 1. The fourth-order valence-electron chi connectivity index (χ4n) is 2.97. The standard InChI is InChI=1S/C22H25N7/c1-14(25-4)18(11-24-3)22(23)15(2)28-20-8-6-7-16-9-21(26-12-19(16)20)17-10-27-29(5)13-17/h6-13,23-25,28H,1-2H2,3-5H3/b18-11-,23-22?. The highest BCUT2D eigenvalue weighted by Crippen LogP contribution is 2.28. The molecule has 1 aromatic carbocycles. The smallest absolute Gasteiger partial charge is 0.0876 e. The summed E-state index contributed by atoms with van der Waals surface area (Å²) in [6.45, 7) is 7.99. The third-order valence-corrected chi connectivity index (χ3v) is 4.54. The van der Waals surface area contributed by atoms with Gasteiger partial charge in [0.05, 0.1) is 23.3 Å². The molecule has 0 bridgehead atoms. The van der Waals surface area contributed by atoms with E-state index in [1.807, 2.05) is 43.7 Å². The molecule has 2 aromatic heterocycles. The Labute approximate surface area is 170 Å². The van der Waals surface area contributed by atoms with Gasteiger partial charge < -0.3 is 16.0 Å². The van der Waals surface area contributed by atoms with Crippen molar-refractivity contribution in [2.75, 3.05) is 19.4 Å². The zero-order valence-corrected chi connectivity index (χ0v) is 16.9. The van der Waals surface area contributed by atoms with Crippen LogP contribution in [0.5, 0.6) is 0 Å². The molecule has 0 radical (unpaired) electrons. The Morgan fingerprint density at radius 2 is 1.97 bits per heavy atom. The molecule has 3 rings (SSSR count). The summed E-state index contributed by atoms with van der Waals surface area (Å²) in [5, 5.41) is 23.9. The molecule has 0 spiro atoms. The fourth-order valence-corrected chi connectivity index (χ4v) is 2.97. The average molecular weight is 387 g/mol.